The van der Waals surface area contributed by atoms with Crippen LogP contribution in [0.4, 0.5) is 0 Å². The van der Waals surface area contributed by atoms with Gasteiger partial charge in [-0.15, -0.1) is 0 Å². The number of carbonyl (C=O) groups is 3. The number of hydrogen-bond donors (Lipinski definition) is 2. The predicted octanol–water partition coefficient (Wildman–Crippen LogP) is 1.97. The van der Waals surface area contributed by atoms with Crippen molar-refractivity contribution in [2.45, 2.75) is 45.1 Å². The van der Waals surface area contributed by atoms with E-state index in [9.17, 15) is 14.4 Å². The fourth-order valence-electron chi connectivity index (χ4n) is 3.10. The maximum absolute atomic E-state index is 12.4. The molecule has 0 aliphatic carbocycles. The molecular formula is C18H24N2O4. The number of nitrogens with one attached hydrogen (secondary N) is 1. The number of carboxylic acid groups (broad SMARTS) is 1. The number of aliphatic carboxylic acids is 1. The molecule has 1 heterocycles. The topological polar surface area (TPSA) is 86.7 Å². The van der Waals surface area contributed by atoms with Crippen molar-refractivity contribution in [3.63, 3.8) is 0 Å². The van der Waals surface area contributed by atoms with Crippen molar-refractivity contribution in [1.29, 1.82) is 0 Å². The molecule has 1 atom stereocenters. The predicted molar refractivity (Wildman–Crippen MR) is 89.7 cm³/mol. The van der Waals surface area contributed by atoms with Crippen LogP contribution in [-0.2, 0) is 9.59 Å². The highest BCUT2D eigenvalue weighted by Crippen LogP contribution is 2.21. The Balaban J connectivity index is 1.91. The first kappa shape index (κ1) is 18.0. The van der Waals surface area contributed by atoms with Crippen molar-refractivity contribution >= 4 is 17.8 Å². The quantitative estimate of drug-likeness (QED) is 0.834. The van der Waals surface area contributed by atoms with Gasteiger partial charge in [-0.3, -0.25) is 14.4 Å². The lowest BCUT2D eigenvalue weighted by Crippen LogP contribution is -2.48. The van der Waals surface area contributed by atoms with E-state index in [1.54, 1.807) is 17.0 Å². The number of rotatable bonds is 6. The van der Waals surface area contributed by atoms with Crippen molar-refractivity contribution < 1.29 is 19.5 Å². The minimum Gasteiger partial charge on any atom is -0.481 e. The van der Waals surface area contributed by atoms with Gasteiger partial charge in [0, 0.05) is 24.6 Å². The van der Waals surface area contributed by atoms with Gasteiger partial charge in [0.2, 0.25) is 5.91 Å². The number of benzene rings is 1. The lowest BCUT2D eigenvalue weighted by atomic mass is 9.98. The minimum absolute atomic E-state index is 0.0438. The normalized spacial score (nSPS) is 17.4. The molecule has 1 fully saturated rings. The average molecular weight is 332 g/mol. The third-order valence-corrected chi connectivity index (χ3v) is 4.43. The van der Waals surface area contributed by atoms with Gasteiger partial charge in [-0.2, -0.15) is 0 Å². The van der Waals surface area contributed by atoms with Crippen LogP contribution in [0.1, 0.15) is 48.0 Å². The van der Waals surface area contributed by atoms with E-state index in [0.717, 1.165) is 24.8 Å². The SMILES string of the molecule is Cc1ccccc1C(=O)NCC(=O)N1CCCCC1CCC(=O)O. The minimum atomic E-state index is -0.846. The molecule has 6 nitrogen and oxygen atoms in total. The fraction of sp³-hybridized carbons (Fsp3) is 0.500. The summed E-state index contributed by atoms with van der Waals surface area (Å²) in [5, 5.41) is 11.5. The molecule has 1 aromatic carbocycles. The van der Waals surface area contributed by atoms with Gasteiger partial charge in [0.05, 0.1) is 6.54 Å². The van der Waals surface area contributed by atoms with Crippen molar-refractivity contribution in [1.82, 2.24) is 10.2 Å². The lowest BCUT2D eigenvalue weighted by molar-refractivity contribution is -0.139. The van der Waals surface area contributed by atoms with E-state index in [-0.39, 0.29) is 30.8 Å². The lowest BCUT2D eigenvalue weighted by Gasteiger charge is -2.35. The average Bonchev–Trinajstić information content (AvgIpc) is 2.58. The molecule has 6 heteroatoms. The molecule has 24 heavy (non-hydrogen) atoms. The molecule has 0 saturated carbocycles. The highest BCUT2D eigenvalue weighted by Gasteiger charge is 2.27. The van der Waals surface area contributed by atoms with E-state index < -0.39 is 5.97 Å². The van der Waals surface area contributed by atoms with Crippen molar-refractivity contribution in [3.8, 4) is 0 Å². The summed E-state index contributed by atoms with van der Waals surface area (Å²) in [6.07, 6.45) is 3.27. The smallest absolute Gasteiger partial charge is 0.303 e. The van der Waals surface area contributed by atoms with Crippen LogP contribution in [0.15, 0.2) is 24.3 Å². The molecule has 0 aromatic heterocycles. The molecule has 1 saturated heterocycles. The van der Waals surface area contributed by atoms with Crippen LogP contribution in [0, 0.1) is 6.92 Å². The first-order chi connectivity index (χ1) is 11.5. The monoisotopic (exact) mass is 332 g/mol. The second kappa shape index (κ2) is 8.47. The summed E-state index contributed by atoms with van der Waals surface area (Å²) in [7, 11) is 0. The Kier molecular flexibility index (Phi) is 6.35. The van der Waals surface area contributed by atoms with Gasteiger partial charge in [-0.05, 0) is 44.2 Å². The summed E-state index contributed by atoms with van der Waals surface area (Å²) in [5.41, 5.74) is 1.42. The Hall–Kier alpha value is -2.37. The van der Waals surface area contributed by atoms with Crippen LogP contribution in [0.25, 0.3) is 0 Å². The zero-order valence-electron chi connectivity index (χ0n) is 14.0. The third kappa shape index (κ3) is 4.81. The highest BCUT2D eigenvalue weighted by molar-refractivity contribution is 5.97. The van der Waals surface area contributed by atoms with Crippen LogP contribution in [0.2, 0.25) is 0 Å². The zero-order valence-corrected chi connectivity index (χ0v) is 14.0. The molecule has 0 bridgehead atoms. The number of carboxylic acids is 1. The Morgan fingerprint density at radius 3 is 2.71 bits per heavy atom. The highest BCUT2D eigenvalue weighted by atomic mass is 16.4. The molecule has 1 unspecified atom stereocenters. The number of amides is 2. The standard InChI is InChI=1S/C18H24N2O4/c1-13-6-2-3-8-15(13)18(24)19-12-16(21)20-11-5-4-7-14(20)9-10-17(22)23/h2-3,6,8,14H,4-5,7,9-12H2,1H3,(H,19,24)(H,22,23). The second-order valence-electron chi connectivity index (χ2n) is 6.17. The van der Waals surface area contributed by atoms with Gasteiger partial charge in [0.15, 0.2) is 0 Å². The number of carbonyl (C=O) groups excluding carboxylic acids is 2. The first-order valence-corrected chi connectivity index (χ1v) is 8.34. The fourth-order valence-corrected chi connectivity index (χ4v) is 3.10. The second-order valence-corrected chi connectivity index (χ2v) is 6.17. The third-order valence-electron chi connectivity index (χ3n) is 4.43. The summed E-state index contributed by atoms with van der Waals surface area (Å²) >= 11 is 0. The number of aryl methyl sites for hydroxylation is 1. The number of likely N-dealkylation sites (tertiary alicyclic amines) is 1. The van der Waals surface area contributed by atoms with Crippen LogP contribution in [0.5, 0.6) is 0 Å². The Bertz CT molecular complexity index is 615. The Labute approximate surface area is 141 Å². The molecule has 1 aliphatic rings. The van der Waals surface area contributed by atoms with Crippen molar-refractivity contribution in [3.05, 3.63) is 35.4 Å². The Morgan fingerprint density at radius 2 is 2.00 bits per heavy atom. The number of piperidine rings is 1. The molecule has 0 radical (unpaired) electrons. The van der Waals surface area contributed by atoms with Gasteiger partial charge >= 0.3 is 5.97 Å². The Morgan fingerprint density at radius 1 is 1.25 bits per heavy atom. The molecule has 1 aromatic rings. The summed E-state index contributed by atoms with van der Waals surface area (Å²) in [6, 6.07) is 7.18. The largest absolute Gasteiger partial charge is 0.481 e. The molecule has 2 N–H and O–H groups in total. The molecule has 2 amide bonds. The van der Waals surface area contributed by atoms with Crippen molar-refractivity contribution in [2.75, 3.05) is 13.1 Å². The van der Waals surface area contributed by atoms with E-state index in [4.69, 9.17) is 5.11 Å². The van der Waals surface area contributed by atoms with Crippen LogP contribution >= 0.6 is 0 Å². The van der Waals surface area contributed by atoms with E-state index in [1.807, 2.05) is 19.1 Å². The van der Waals surface area contributed by atoms with Crippen LogP contribution in [0.3, 0.4) is 0 Å². The summed E-state index contributed by atoms with van der Waals surface area (Å²) in [4.78, 5) is 37.1. The van der Waals surface area contributed by atoms with E-state index in [0.29, 0.717) is 18.5 Å². The van der Waals surface area contributed by atoms with Crippen LogP contribution < -0.4 is 5.32 Å². The van der Waals surface area contributed by atoms with Gasteiger partial charge in [0.25, 0.3) is 5.91 Å². The maximum Gasteiger partial charge on any atom is 0.303 e. The summed E-state index contributed by atoms with van der Waals surface area (Å²) in [6.45, 7) is 2.42. The van der Waals surface area contributed by atoms with Crippen molar-refractivity contribution in [2.24, 2.45) is 0 Å². The van der Waals surface area contributed by atoms with Gasteiger partial charge < -0.3 is 15.3 Å². The number of hydrogen-bond acceptors (Lipinski definition) is 3. The zero-order chi connectivity index (χ0) is 17.5. The van der Waals surface area contributed by atoms with E-state index in [1.165, 1.54) is 0 Å². The molecule has 1 aliphatic heterocycles. The molecule has 2 rings (SSSR count). The maximum atomic E-state index is 12.4. The number of nitrogens with zero attached hydrogens (tertiary/aromatic N) is 1. The van der Waals surface area contributed by atoms with E-state index in [2.05, 4.69) is 5.32 Å². The van der Waals surface area contributed by atoms with Gasteiger partial charge in [-0.1, -0.05) is 18.2 Å². The molecular weight excluding hydrogens is 308 g/mol. The van der Waals surface area contributed by atoms with Gasteiger partial charge in [-0.25, -0.2) is 0 Å². The first-order valence-electron chi connectivity index (χ1n) is 8.34. The van der Waals surface area contributed by atoms with Gasteiger partial charge in [0.1, 0.15) is 0 Å². The summed E-state index contributed by atoms with van der Waals surface area (Å²) in [5.74, 6) is -1.26. The van der Waals surface area contributed by atoms with Crippen LogP contribution in [-0.4, -0.2) is 46.9 Å². The van der Waals surface area contributed by atoms with E-state index >= 15 is 0 Å². The molecule has 0 spiro atoms. The summed E-state index contributed by atoms with van der Waals surface area (Å²) < 4.78 is 0. The molecule has 130 valence electrons.